The lowest BCUT2D eigenvalue weighted by atomic mass is 10.0. The maximum absolute atomic E-state index is 14.0. The van der Waals surface area contributed by atoms with Gasteiger partial charge in [0.1, 0.15) is 5.82 Å². The minimum Gasteiger partial charge on any atom is -0.378 e. The molecule has 1 amide bonds. The topological polar surface area (TPSA) is 55.3 Å². The molecule has 0 radical (unpaired) electrons. The van der Waals surface area contributed by atoms with Gasteiger partial charge in [-0.25, -0.2) is 4.39 Å². The van der Waals surface area contributed by atoms with Crippen molar-refractivity contribution < 1.29 is 13.9 Å². The normalized spacial score (nSPS) is 14.7. The highest BCUT2D eigenvalue weighted by Gasteiger charge is 2.19. The standard InChI is InChI=1S/C19H16FN3O2/c20-16-4-3-15(18-14(16)2-1-6-22-18)17-12-13(5-7-21-17)19(24)23-8-10-25-11-9-23/h1-7,12H,8-11H2. The Labute approximate surface area is 144 Å². The second kappa shape index (κ2) is 6.57. The Kier molecular flexibility index (Phi) is 4.11. The zero-order valence-electron chi connectivity index (χ0n) is 13.5. The maximum atomic E-state index is 14.0. The molecule has 1 aliphatic rings. The first-order valence-electron chi connectivity index (χ1n) is 8.11. The van der Waals surface area contributed by atoms with Crippen molar-refractivity contribution >= 4 is 16.8 Å². The van der Waals surface area contributed by atoms with E-state index in [4.69, 9.17) is 4.74 Å². The Morgan fingerprint density at radius 2 is 1.92 bits per heavy atom. The van der Waals surface area contributed by atoms with E-state index in [2.05, 4.69) is 9.97 Å². The van der Waals surface area contributed by atoms with E-state index in [1.54, 1.807) is 47.6 Å². The minimum atomic E-state index is -0.326. The Morgan fingerprint density at radius 3 is 2.76 bits per heavy atom. The van der Waals surface area contributed by atoms with Crippen molar-refractivity contribution in [3.63, 3.8) is 0 Å². The molecule has 3 aromatic rings. The van der Waals surface area contributed by atoms with Gasteiger partial charge in [-0.15, -0.1) is 0 Å². The fraction of sp³-hybridized carbons (Fsp3) is 0.211. The number of fused-ring (bicyclic) bond motifs is 1. The number of carbonyl (C=O) groups is 1. The molecule has 0 spiro atoms. The van der Waals surface area contributed by atoms with Gasteiger partial charge >= 0.3 is 0 Å². The summed E-state index contributed by atoms with van der Waals surface area (Å²) in [6.07, 6.45) is 3.22. The molecular formula is C19H16FN3O2. The number of carbonyl (C=O) groups excluding carboxylic acids is 1. The monoisotopic (exact) mass is 337 g/mol. The molecule has 1 aliphatic heterocycles. The summed E-state index contributed by atoms with van der Waals surface area (Å²) in [4.78, 5) is 23.1. The van der Waals surface area contributed by atoms with Gasteiger partial charge in [0.05, 0.1) is 24.4 Å². The number of morpholine rings is 1. The smallest absolute Gasteiger partial charge is 0.254 e. The number of aromatic nitrogens is 2. The molecule has 1 fully saturated rings. The lowest BCUT2D eigenvalue weighted by Gasteiger charge is -2.26. The largest absolute Gasteiger partial charge is 0.378 e. The molecule has 6 heteroatoms. The van der Waals surface area contributed by atoms with Gasteiger partial charge in [0.15, 0.2) is 0 Å². The van der Waals surface area contributed by atoms with E-state index in [0.29, 0.717) is 54.0 Å². The zero-order valence-corrected chi connectivity index (χ0v) is 13.5. The molecule has 3 heterocycles. The predicted octanol–water partition coefficient (Wildman–Crippen LogP) is 2.91. The third-order valence-electron chi connectivity index (χ3n) is 4.30. The predicted molar refractivity (Wildman–Crippen MR) is 91.7 cm³/mol. The van der Waals surface area contributed by atoms with Crippen LogP contribution in [0.15, 0.2) is 48.8 Å². The first kappa shape index (κ1) is 15.7. The van der Waals surface area contributed by atoms with Gasteiger partial charge in [0.25, 0.3) is 5.91 Å². The minimum absolute atomic E-state index is 0.0497. The van der Waals surface area contributed by atoms with Gasteiger partial charge in [0.2, 0.25) is 0 Å². The summed E-state index contributed by atoms with van der Waals surface area (Å²) in [7, 11) is 0. The molecule has 0 aliphatic carbocycles. The number of ether oxygens (including phenoxy) is 1. The average molecular weight is 337 g/mol. The van der Waals surface area contributed by atoms with Crippen molar-refractivity contribution in [1.82, 2.24) is 14.9 Å². The quantitative estimate of drug-likeness (QED) is 0.721. The number of pyridine rings is 2. The Morgan fingerprint density at radius 1 is 1.08 bits per heavy atom. The summed E-state index contributed by atoms with van der Waals surface area (Å²) in [5, 5.41) is 0.437. The van der Waals surface area contributed by atoms with Crippen molar-refractivity contribution in [3.05, 3.63) is 60.2 Å². The van der Waals surface area contributed by atoms with Crippen molar-refractivity contribution in [2.45, 2.75) is 0 Å². The van der Waals surface area contributed by atoms with Crippen molar-refractivity contribution in [3.8, 4) is 11.3 Å². The molecule has 0 saturated carbocycles. The second-order valence-electron chi connectivity index (χ2n) is 5.83. The SMILES string of the molecule is O=C(c1ccnc(-c2ccc(F)c3cccnc23)c1)N1CCOCC1. The van der Waals surface area contributed by atoms with Crippen LogP contribution in [0.5, 0.6) is 0 Å². The number of benzene rings is 1. The molecule has 0 bridgehead atoms. The number of hydrogen-bond acceptors (Lipinski definition) is 4. The molecule has 1 aromatic carbocycles. The molecule has 25 heavy (non-hydrogen) atoms. The summed E-state index contributed by atoms with van der Waals surface area (Å²) in [6, 6.07) is 9.86. The third kappa shape index (κ3) is 2.96. The van der Waals surface area contributed by atoms with Gasteiger partial charge in [-0.05, 0) is 36.4 Å². The van der Waals surface area contributed by atoms with Crippen LogP contribution in [-0.4, -0.2) is 47.1 Å². The summed E-state index contributed by atoms with van der Waals surface area (Å²) < 4.78 is 19.3. The Hall–Kier alpha value is -2.86. The fourth-order valence-corrected chi connectivity index (χ4v) is 3.00. The number of halogens is 1. The Bertz CT molecular complexity index is 939. The summed E-state index contributed by atoms with van der Waals surface area (Å²) in [5.74, 6) is -0.376. The van der Waals surface area contributed by atoms with Gasteiger partial charge in [0, 0.05) is 42.0 Å². The van der Waals surface area contributed by atoms with Gasteiger partial charge < -0.3 is 9.64 Å². The molecule has 4 rings (SSSR count). The fourth-order valence-electron chi connectivity index (χ4n) is 3.00. The third-order valence-corrected chi connectivity index (χ3v) is 4.30. The van der Waals surface area contributed by atoms with Crippen LogP contribution in [0.4, 0.5) is 4.39 Å². The van der Waals surface area contributed by atoms with E-state index in [-0.39, 0.29) is 11.7 Å². The maximum Gasteiger partial charge on any atom is 0.254 e. The van der Waals surface area contributed by atoms with Crippen molar-refractivity contribution in [1.29, 1.82) is 0 Å². The highest BCUT2D eigenvalue weighted by Crippen LogP contribution is 2.28. The number of nitrogens with zero attached hydrogens (tertiary/aromatic N) is 3. The van der Waals surface area contributed by atoms with Gasteiger partial charge in [-0.1, -0.05) is 0 Å². The van der Waals surface area contributed by atoms with E-state index >= 15 is 0 Å². The van der Waals surface area contributed by atoms with Crippen molar-refractivity contribution in [2.75, 3.05) is 26.3 Å². The van der Waals surface area contributed by atoms with Gasteiger partial charge in [-0.3, -0.25) is 14.8 Å². The molecule has 0 atom stereocenters. The molecule has 2 aromatic heterocycles. The van der Waals surface area contributed by atoms with Gasteiger partial charge in [-0.2, -0.15) is 0 Å². The highest BCUT2D eigenvalue weighted by molar-refractivity contribution is 5.97. The molecule has 126 valence electrons. The first-order chi connectivity index (χ1) is 12.2. The summed E-state index contributed by atoms with van der Waals surface area (Å²) >= 11 is 0. The molecule has 5 nitrogen and oxygen atoms in total. The first-order valence-corrected chi connectivity index (χ1v) is 8.11. The van der Waals surface area contributed by atoms with Crippen molar-refractivity contribution in [2.24, 2.45) is 0 Å². The van der Waals surface area contributed by atoms with Crippen LogP contribution in [0.2, 0.25) is 0 Å². The van der Waals surface area contributed by atoms with Crippen LogP contribution in [0.3, 0.4) is 0 Å². The summed E-state index contributed by atoms with van der Waals surface area (Å²) in [5.41, 5.74) is 2.39. The van der Waals surface area contributed by atoms with Crippen LogP contribution in [0.1, 0.15) is 10.4 Å². The van der Waals surface area contributed by atoms with E-state index in [0.717, 1.165) is 0 Å². The van der Waals surface area contributed by atoms with Crippen LogP contribution >= 0.6 is 0 Å². The average Bonchev–Trinajstić information content (AvgIpc) is 2.69. The van der Waals surface area contributed by atoms with E-state index < -0.39 is 0 Å². The lowest BCUT2D eigenvalue weighted by molar-refractivity contribution is 0.0303. The van der Waals surface area contributed by atoms with Crippen LogP contribution < -0.4 is 0 Å². The molecule has 0 unspecified atom stereocenters. The second-order valence-corrected chi connectivity index (χ2v) is 5.83. The molecular weight excluding hydrogens is 321 g/mol. The zero-order chi connectivity index (χ0) is 17.2. The van der Waals surface area contributed by atoms with Crippen LogP contribution in [-0.2, 0) is 4.74 Å². The number of amides is 1. The summed E-state index contributed by atoms with van der Waals surface area (Å²) in [6.45, 7) is 2.27. The van der Waals surface area contributed by atoms with Crippen LogP contribution in [0.25, 0.3) is 22.2 Å². The van der Waals surface area contributed by atoms with E-state index in [1.807, 2.05) is 0 Å². The van der Waals surface area contributed by atoms with Crippen LogP contribution in [0, 0.1) is 5.82 Å². The lowest BCUT2D eigenvalue weighted by Crippen LogP contribution is -2.40. The molecule has 1 saturated heterocycles. The Balaban J connectivity index is 1.75. The highest BCUT2D eigenvalue weighted by atomic mass is 19.1. The number of hydrogen-bond donors (Lipinski definition) is 0. The van der Waals surface area contributed by atoms with E-state index in [9.17, 15) is 9.18 Å². The number of rotatable bonds is 2. The molecule has 0 N–H and O–H groups in total. The van der Waals surface area contributed by atoms with E-state index in [1.165, 1.54) is 6.07 Å².